The molecule has 1 aromatic carbocycles. The van der Waals surface area contributed by atoms with Crippen LogP contribution in [0.3, 0.4) is 0 Å². The third kappa shape index (κ3) is 5.06. The molecule has 0 aliphatic carbocycles. The lowest BCUT2D eigenvalue weighted by atomic mass is 10.2. The summed E-state index contributed by atoms with van der Waals surface area (Å²) in [6.07, 6.45) is 3.72. The van der Waals surface area contributed by atoms with Gasteiger partial charge in [-0.3, -0.25) is 4.68 Å². The van der Waals surface area contributed by atoms with Crippen LogP contribution in [-0.4, -0.2) is 16.3 Å². The molecule has 5 heteroatoms. The van der Waals surface area contributed by atoms with E-state index in [1.165, 1.54) is 0 Å². The number of rotatable bonds is 7. The van der Waals surface area contributed by atoms with Crippen molar-refractivity contribution in [1.29, 1.82) is 0 Å². The zero-order chi connectivity index (χ0) is 15.2. The molecule has 2 aromatic rings. The molecule has 1 aromatic heterocycles. The van der Waals surface area contributed by atoms with Crippen molar-refractivity contribution in [3.05, 3.63) is 46.7 Å². The average molecular weight is 308 g/mol. The van der Waals surface area contributed by atoms with E-state index < -0.39 is 0 Å². The van der Waals surface area contributed by atoms with Crippen molar-refractivity contribution in [3.63, 3.8) is 0 Å². The van der Waals surface area contributed by atoms with E-state index in [4.69, 9.17) is 16.3 Å². The van der Waals surface area contributed by atoms with Gasteiger partial charge >= 0.3 is 0 Å². The monoisotopic (exact) mass is 307 g/mol. The predicted octanol–water partition coefficient (Wildman–Crippen LogP) is 3.40. The third-order valence-corrected chi connectivity index (χ3v) is 3.33. The zero-order valence-electron chi connectivity index (χ0n) is 12.8. The maximum Gasteiger partial charge on any atom is 0.138 e. The molecule has 0 aliphatic rings. The first-order valence-corrected chi connectivity index (χ1v) is 7.52. The maximum atomic E-state index is 6.27. The van der Waals surface area contributed by atoms with E-state index in [1.807, 2.05) is 31.4 Å². The van der Waals surface area contributed by atoms with Gasteiger partial charge in [-0.05, 0) is 30.2 Å². The first-order valence-electron chi connectivity index (χ1n) is 7.14. The second kappa shape index (κ2) is 7.48. The van der Waals surface area contributed by atoms with Gasteiger partial charge in [0.2, 0.25) is 0 Å². The topological polar surface area (TPSA) is 39.1 Å². The Morgan fingerprint density at radius 2 is 2.14 bits per heavy atom. The first-order chi connectivity index (χ1) is 10.0. The van der Waals surface area contributed by atoms with Crippen LogP contribution in [0.4, 0.5) is 0 Å². The van der Waals surface area contributed by atoms with E-state index in [-0.39, 0.29) is 0 Å². The van der Waals surface area contributed by atoms with Gasteiger partial charge in [-0.25, -0.2) is 0 Å². The van der Waals surface area contributed by atoms with Crippen molar-refractivity contribution in [2.45, 2.75) is 27.0 Å². The third-order valence-electron chi connectivity index (χ3n) is 3.03. The molecule has 0 spiro atoms. The highest BCUT2D eigenvalue weighted by Crippen LogP contribution is 2.26. The smallest absolute Gasteiger partial charge is 0.138 e. The van der Waals surface area contributed by atoms with Crippen LogP contribution in [0.5, 0.6) is 5.75 Å². The molecule has 1 heterocycles. The SMILES string of the molecule is CC(C)CNCc1ccc(OCc2cnn(C)c2)c(Cl)c1. The lowest BCUT2D eigenvalue weighted by molar-refractivity contribution is 0.306. The summed E-state index contributed by atoms with van der Waals surface area (Å²) in [5.74, 6) is 1.34. The van der Waals surface area contributed by atoms with Gasteiger partial charge in [0, 0.05) is 25.4 Å². The van der Waals surface area contributed by atoms with E-state index in [0.717, 1.165) is 24.2 Å². The molecular formula is C16H22ClN3O. The summed E-state index contributed by atoms with van der Waals surface area (Å²) >= 11 is 6.27. The van der Waals surface area contributed by atoms with Gasteiger partial charge in [-0.1, -0.05) is 31.5 Å². The standard InChI is InChI=1S/C16H22ClN3O/c1-12(2)7-18-8-13-4-5-16(15(17)6-13)21-11-14-9-19-20(3)10-14/h4-6,9-10,12,18H,7-8,11H2,1-3H3. The van der Waals surface area contributed by atoms with Gasteiger partial charge in [0.1, 0.15) is 12.4 Å². The molecule has 114 valence electrons. The molecule has 0 unspecified atom stereocenters. The van der Waals surface area contributed by atoms with E-state index in [2.05, 4.69) is 24.3 Å². The summed E-state index contributed by atoms with van der Waals surface area (Å²) in [5, 5.41) is 8.15. The Kier molecular flexibility index (Phi) is 5.65. The fourth-order valence-corrected chi connectivity index (χ4v) is 2.24. The lowest BCUT2D eigenvalue weighted by Crippen LogP contribution is -2.18. The van der Waals surface area contributed by atoms with Crippen LogP contribution >= 0.6 is 11.6 Å². The number of nitrogens with one attached hydrogen (secondary N) is 1. The molecule has 2 rings (SSSR count). The fourth-order valence-electron chi connectivity index (χ4n) is 1.98. The second-order valence-electron chi connectivity index (χ2n) is 5.60. The molecular weight excluding hydrogens is 286 g/mol. The highest BCUT2D eigenvalue weighted by atomic mass is 35.5. The minimum atomic E-state index is 0.471. The van der Waals surface area contributed by atoms with Crippen molar-refractivity contribution in [2.24, 2.45) is 13.0 Å². The van der Waals surface area contributed by atoms with Crippen LogP contribution in [0, 0.1) is 5.92 Å². The summed E-state index contributed by atoms with van der Waals surface area (Å²) in [4.78, 5) is 0. The minimum absolute atomic E-state index is 0.471. The molecule has 0 radical (unpaired) electrons. The number of hydrogen-bond acceptors (Lipinski definition) is 3. The molecule has 0 atom stereocenters. The Morgan fingerprint density at radius 3 is 2.76 bits per heavy atom. The minimum Gasteiger partial charge on any atom is -0.487 e. The number of aryl methyl sites for hydroxylation is 1. The Labute approximate surface area is 131 Å². The van der Waals surface area contributed by atoms with E-state index in [0.29, 0.717) is 23.3 Å². The molecule has 0 bridgehead atoms. The normalized spacial score (nSPS) is 11.1. The Bertz CT molecular complexity index is 581. The second-order valence-corrected chi connectivity index (χ2v) is 6.01. The highest BCUT2D eigenvalue weighted by molar-refractivity contribution is 6.32. The van der Waals surface area contributed by atoms with Crippen LogP contribution in [0.25, 0.3) is 0 Å². The Balaban J connectivity index is 1.89. The quantitative estimate of drug-likeness (QED) is 0.852. The van der Waals surface area contributed by atoms with Gasteiger partial charge < -0.3 is 10.1 Å². The molecule has 0 aliphatic heterocycles. The van der Waals surface area contributed by atoms with Gasteiger partial charge in [0.25, 0.3) is 0 Å². The summed E-state index contributed by atoms with van der Waals surface area (Å²) in [6, 6.07) is 5.91. The average Bonchev–Trinajstić information content (AvgIpc) is 2.83. The van der Waals surface area contributed by atoms with Crippen LogP contribution in [0.1, 0.15) is 25.0 Å². The van der Waals surface area contributed by atoms with Crippen molar-refractivity contribution >= 4 is 11.6 Å². The molecule has 0 saturated heterocycles. The van der Waals surface area contributed by atoms with Crippen molar-refractivity contribution < 1.29 is 4.74 Å². The molecule has 4 nitrogen and oxygen atoms in total. The van der Waals surface area contributed by atoms with Gasteiger partial charge in [-0.15, -0.1) is 0 Å². The molecule has 0 amide bonds. The van der Waals surface area contributed by atoms with Gasteiger partial charge in [-0.2, -0.15) is 5.10 Å². The van der Waals surface area contributed by atoms with Crippen LogP contribution in [0.15, 0.2) is 30.6 Å². The number of aromatic nitrogens is 2. The van der Waals surface area contributed by atoms with Crippen molar-refractivity contribution in [3.8, 4) is 5.75 Å². The molecule has 21 heavy (non-hydrogen) atoms. The summed E-state index contributed by atoms with van der Waals surface area (Å²) in [7, 11) is 1.88. The molecule has 0 fully saturated rings. The fraction of sp³-hybridized carbons (Fsp3) is 0.438. The van der Waals surface area contributed by atoms with Crippen LogP contribution in [0.2, 0.25) is 5.02 Å². The summed E-state index contributed by atoms with van der Waals surface area (Å²) in [6.45, 7) is 6.67. The van der Waals surface area contributed by atoms with Crippen molar-refractivity contribution in [2.75, 3.05) is 6.54 Å². The number of nitrogens with zero attached hydrogens (tertiary/aromatic N) is 2. The largest absolute Gasteiger partial charge is 0.487 e. The number of ether oxygens (including phenoxy) is 1. The first kappa shape index (κ1) is 15.9. The van der Waals surface area contributed by atoms with E-state index in [9.17, 15) is 0 Å². The van der Waals surface area contributed by atoms with Crippen molar-refractivity contribution in [1.82, 2.24) is 15.1 Å². The highest BCUT2D eigenvalue weighted by Gasteiger charge is 2.05. The summed E-state index contributed by atoms with van der Waals surface area (Å²) in [5.41, 5.74) is 2.19. The number of halogens is 1. The van der Waals surface area contributed by atoms with Gasteiger partial charge in [0.05, 0.1) is 11.2 Å². The maximum absolute atomic E-state index is 6.27. The molecule has 1 N–H and O–H groups in total. The van der Waals surface area contributed by atoms with E-state index in [1.54, 1.807) is 10.9 Å². The Hall–Kier alpha value is -1.52. The predicted molar refractivity (Wildman–Crippen MR) is 85.5 cm³/mol. The summed E-state index contributed by atoms with van der Waals surface area (Å²) < 4.78 is 7.48. The van der Waals surface area contributed by atoms with Gasteiger partial charge in [0.15, 0.2) is 0 Å². The lowest BCUT2D eigenvalue weighted by Gasteiger charge is -2.10. The van der Waals surface area contributed by atoms with E-state index >= 15 is 0 Å². The molecule has 0 saturated carbocycles. The number of hydrogen-bond donors (Lipinski definition) is 1. The number of benzene rings is 1. The Morgan fingerprint density at radius 1 is 1.33 bits per heavy atom. The van der Waals surface area contributed by atoms with Crippen LogP contribution < -0.4 is 10.1 Å². The van der Waals surface area contributed by atoms with Crippen LogP contribution in [-0.2, 0) is 20.2 Å². The zero-order valence-corrected chi connectivity index (χ0v) is 13.5.